The van der Waals surface area contributed by atoms with Crippen molar-refractivity contribution in [3.05, 3.63) is 36.2 Å². The number of nitrogens with one attached hydrogen (secondary N) is 1. The van der Waals surface area contributed by atoms with Crippen LogP contribution < -0.4 is 15.1 Å². The van der Waals surface area contributed by atoms with E-state index < -0.39 is 5.60 Å². The molecule has 2 fully saturated rings. The molecule has 164 valence electrons. The number of aliphatic hydroxyl groups is 1. The average molecular weight is 432 g/mol. The summed E-state index contributed by atoms with van der Waals surface area (Å²) in [6.07, 6.45) is 7.37. The molecule has 32 heavy (non-hydrogen) atoms. The van der Waals surface area contributed by atoms with Gasteiger partial charge in [-0.2, -0.15) is 15.2 Å². The number of hydrogen-bond donors (Lipinski definition) is 2. The second-order valence-electron chi connectivity index (χ2n) is 9.45. The maximum Gasteiger partial charge on any atom is 0.246 e. The fourth-order valence-electron chi connectivity index (χ4n) is 5.61. The second kappa shape index (κ2) is 6.59. The molecule has 2 bridgehead atoms. The summed E-state index contributed by atoms with van der Waals surface area (Å²) in [5.41, 5.74) is 2.62. The van der Waals surface area contributed by atoms with Gasteiger partial charge in [0.25, 0.3) is 0 Å². The number of fused-ring (bicyclic) bond motifs is 4. The summed E-state index contributed by atoms with van der Waals surface area (Å²) in [6, 6.07) is 5.92. The standard InChI is InChI=1S/C23H25N7O2/c1-14-9-17-15(3-8-25-28-17)10-16(14)26-21-24-11-18-20(27-21)30(12-19(31)29(18)2)22-4-6-23(32,13-22)7-5-22/h3,8-11,32H,4-7,12-13H2,1-2H3,(H,24,26,27). The molecule has 1 aromatic carbocycles. The first-order valence-electron chi connectivity index (χ1n) is 11.0. The summed E-state index contributed by atoms with van der Waals surface area (Å²) in [6.45, 7) is 2.27. The summed E-state index contributed by atoms with van der Waals surface area (Å²) in [4.78, 5) is 25.9. The van der Waals surface area contributed by atoms with Crippen molar-refractivity contribution in [1.82, 2.24) is 20.2 Å². The molecule has 2 aromatic heterocycles. The SMILES string of the molecule is Cc1cc2nnccc2cc1Nc1ncc2c(n1)N(C13CCC(O)(CC1)C3)CC(=O)N2C. The van der Waals surface area contributed by atoms with Crippen molar-refractivity contribution in [1.29, 1.82) is 0 Å². The van der Waals surface area contributed by atoms with Gasteiger partial charge in [-0.05, 0) is 62.8 Å². The number of carbonyl (C=O) groups excluding carboxylic acids is 1. The normalized spacial score (nSPS) is 26.7. The Bertz CT molecular complexity index is 1250. The molecular weight excluding hydrogens is 406 g/mol. The van der Waals surface area contributed by atoms with Crippen molar-refractivity contribution in [2.45, 2.75) is 50.2 Å². The lowest BCUT2D eigenvalue weighted by Crippen LogP contribution is -2.54. The van der Waals surface area contributed by atoms with Gasteiger partial charge in [0.05, 0.1) is 30.1 Å². The number of aryl methyl sites for hydroxylation is 1. The molecule has 6 rings (SSSR count). The Morgan fingerprint density at radius 3 is 2.75 bits per heavy atom. The van der Waals surface area contributed by atoms with Crippen LogP contribution >= 0.6 is 0 Å². The fraction of sp³-hybridized carbons (Fsp3) is 0.435. The van der Waals surface area contributed by atoms with E-state index >= 15 is 0 Å². The Balaban J connectivity index is 1.40. The number of carbonyl (C=O) groups is 1. The van der Waals surface area contributed by atoms with E-state index in [9.17, 15) is 9.90 Å². The van der Waals surface area contributed by atoms with Gasteiger partial charge in [0, 0.05) is 23.7 Å². The molecular formula is C23H25N7O2. The highest BCUT2D eigenvalue weighted by molar-refractivity contribution is 6.02. The lowest BCUT2D eigenvalue weighted by atomic mass is 9.90. The number of aromatic nitrogens is 4. The number of nitrogens with zero attached hydrogens (tertiary/aromatic N) is 6. The molecule has 9 heteroatoms. The topological polar surface area (TPSA) is 107 Å². The quantitative estimate of drug-likeness (QED) is 0.652. The molecule has 3 heterocycles. The third kappa shape index (κ3) is 2.84. The van der Waals surface area contributed by atoms with Crippen LogP contribution in [0.25, 0.3) is 10.9 Å². The molecule has 3 aromatic rings. The second-order valence-corrected chi connectivity index (χ2v) is 9.45. The van der Waals surface area contributed by atoms with E-state index in [0.29, 0.717) is 18.1 Å². The Labute approximate surface area is 185 Å². The average Bonchev–Trinajstić information content (AvgIpc) is 3.31. The summed E-state index contributed by atoms with van der Waals surface area (Å²) in [7, 11) is 1.76. The summed E-state index contributed by atoms with van der Waals surface area (Å²) in [5.74, 6) is 1.24. The van der Waals surface area contributed by atoms with Gasteiger partial charge in [-0.25, -0.2) is 4.98 Å². The van der Waals surface area contributed by atoms with Gasteiger partial charge in [-0.1, -0.05) is 0 Å². The van der Waals surface area contributed by atoms with Crippen LogP contribution in [0.4, 0.5) is 23.1 Å². The molecule has 3 aliphatic rings. The first kappa shape index (κ1) is 19.4. The minimum atomic E-state index is -0.605. The van der Waals surface area contributed by atoms with Crippen LogP contribution in [0.5, 0.6) is 0 Å². The molecule has 9 nitrogen and oxygen atoms in total. The zero-order chi connectivity index (χ0) is 22.1. The number of amides is 1. The Kier molecular flexibility index (Phi) is 3.98. The monoisotopic (exact) mass is 431 g/mol. The van der Waals surface area contributed by atoms with Crippen LogP contribution in [0.2, 0.25) is 0 Å². The highest BCUT2D eigenvalue weighted by Gasteiger charge is 2.58. The highest BCUT2D eigenvalue weighted by atomic mass is 16.3. The van der Waals surface area contributed by atoms with Gasteiger partial charge in [-0.3, -0.25) is 4.79 Å². The van der Waals surface area contributed by atoms with E-state index in [1.807, 2.05) is 25.1 Å². The van der Waals surface area contributed by atoms with Crippen LogP contribution in [-0.2, 0) is 4.79 Å². The molecule has 2 aliphatic carbocycles. The van der Waals surface area contributed by atoms with E-state index in [1.165, 1.54) is 0 Å². The van der Waals surface area contributed by atoms with E-state index in [1.54, 1.807) is 24.3 Å². The Hall–Kier alpha value is -3.33. The van der Waals surface area contributed by atoms with Crippen molar-refractivity contribution in [2.24, 2.45) is 0 Å². The first-order valence-corrected chi connectivity index (χ1v) is 11.0. The molecule has 0 radical (unpaired) electrons. The maximum absolute atomic E-state index is 12.8. The van der Waals surface area contributed by atoms with Gasteiger partial charge in [0.2, 0.25) is 11.9 Å². The predicted molar refractivity (Wildman–Crippen MR) is 121 cm³/mol. The van der Waals surface area contributed by atoms with Crippen molar-refractivity contribution >= 4 is 40.0 Å². The maximum atomic E-state index is 12.8. The number of benzene rings is 1. The largest absolute Gasteiger partial charge is 0.390 e. The van der Waals surface area contributed by atoms with Gasteiger partial charge >= 0.3 is 0 Å². The molecule has 2 N–H and O–H groups in total. The third-order valence-electron chi connectivity index (χ3n) is 7.48. The molecule has 0 saturated heterocycles. The zero-order valence-electron chi connectivity index (χ0n) is 18.2. The molecule has 1 aliphatic heterocycles. The van der Waals surface area contributed by atoms with Crippen LogP contribution in [0.3, 0.4) is 0 Å². The minimum absolute atomic E-state index is 0.0185. The number of hydrogen-bond acceptors (Lipinski definition) is 8. The fourth-order valence-corrected chi connectivity index (χ4v) is 5.61. The van der Waals surface area contributed by atoms with Crippen LogP contribution in [0.1, 0.15) is 37.7 Å². The van der Waals surface area contributed by atoms with Crippen LogP contribution in [0, 0.1) is 6.92 Å². The van der Waals surface area contributed by atoms with E-state index in [-0.39, 0.29) is 18.0 Å². The van der Waals surface area contributed by atoms with Gasteiger partial charge < -0.3 is 20.2 Å². The smallest absolute Gasteiger partial charge is 0.246 e. The van der Waals surface area contributed by atoms with Crippen molar-refractivity contribution < 1.29 is 9.90 Å². The Morgan fingerprint density at radius 2 is 2.00 bits per heavy atom. The predicted octanol–water partition coefficient (Wildman–Crippen LogP) is 2.70. The minimum Gasteiger partial charge on any atom is -0.390 e. The molecule has 0 atom stereocenters. The molecule has 2 saturated carbocycles. The van der Waals surface area contributed by atoms with Gasteiger partial charge in [0.15, 0.2) is 5.82 Å². The van der Waals surface area contributed by atoms with Crippen molar-refractivity contribution in [2.75, 3.05) is 28.7 Å². The lowest BCUT2D eigenvalue weighted by Gasteiger charge is -2.45. The number of rotatable bonds is 3. The zero-order valence-corrected chi connectivity index (χ0v) is 18.2. The molecule has 1 amide bonds. The highest BCUT2D eigenvalue weighted by Crippen LogP contribution is 2.55. The lowest BCUT2D eigenvalue weighted by molar-refractivity contribution is -0.117. The summed E-state index contributed by atoms with van der Waals surface area (Å²) < 4.78 is 0. The van der Waals surface area contributed by atoms with Crippen LogP contribution in [0.15, 0.2) is 30.6 Å². The van der Waals surface area contributed by atoms with Gasteiger partial charge in [-0.15, -0.1) is 0 Å². The van der Waals surface area contributed by atoms with E-state index in [4.69, 9.17) is 4.98 Å². The molecule has 0 unspecified atom stereocenters. The summed E-state index contributed by atoms with van der Waals surface area (Å²) >= 11 is 0. The third-order valence-corrected chi connectivity index (χ3v) is 7.48. The van der Waals surface area contributed by atoms with Crippen molar-refractivity contribution in [3.8, 4) is 0 Å². The number of likely N-dealkylation sites (N-methyl/N-ethyl adjacent to an activating group) is 1. The van der Waals surface area contributed by atoms with E-state index in [2.05, 4.69) is 25.4 Å². The summed E-state index contributed by atoms with van der Waals surface area (Å²) in [5, 5.41) is 23.2. The Morgan fingerprint density at radius 1 is 1.19 bits per heavy atom. The molecule has 0 spiro atoms. The first-order chi connectivity index (χ1) is 15.4. The van der Waals surface area contributed by atoms with Crippen LogP contribution in [-0.4, -0.2) is 55.9 Å². The van der Waals surface area contributed by atoms with Gasteiger partial charge in [0.1, 0.15) is 5.69 Å². The van der Waals surface area contributed by atoms with Crippen molar-refractivity contribution in [3.63, 3.8) is 0 Å². The number of anilines is 4. The van der Waals surface area contributed by atoms with E-state index in [0.717, 1.165) is 53.7 Å².